The first-order valence-corrected chi connectivity index (χ1v) is 14.8. The fraction of sp³-hybridized carbons (Fsp3) is 0.400. The molecule has 3 aromatic carbocycles. The maximum atomic E-state index is 14.2. The molecule has 228 valence electrons. The number of aryl methyl sites for hydroxylation is 4. The molecule has 1 aliphatic rings. The summed E-state index contributed by atoms with van der Waals surface area (Å²) in [5, 5.41) is 17.7. The molecule has 0 aliphatic heterocycles. The first kappa shape index (κ1) is 31.8. The van der Waals surface area contributed by atoms with Crippen LogP contribution in [0.5, 0.6) is 11.5 Å². The minimum Gasteiger partial charge on any atom is -0.490 e. The Balaban J connectivity index is 1.86. The molecule has 8 nitrogen and oxygen atoms in total. The van der Waals surface area contributed by atoms with E-state index >= 15 is 0 Å². The number of nitrogens with one attached hydrogen (secondary N) is 2. The number of carbonyl (C=O) groups is 3. The first-order chi connectivity index (χ1) is 20.4. The van der Waals surface area contributed by atoms with E-state index in [0.717, 1.165) is 22.3 Å². The van der Waals surface area contributed by atoms with Crippen molar-refractivity contribution in [2.75, 3.05) is 23.8 Å². The van der Waals surface area contributed by atoms with Gasteiger partial charge in [0.15, 0.2) is 11.5 Å². The van der Waals surface area contributed by atoms with Crippen LogP contribution in [0.2, 0.25) is 0 Å². The van der Waals surface area contributed by atoms with Crippen molar-refractivity contribution < 1.29 is 29.0 Å². The Hall–Kier alpha value is -4.17. The summed E-state index contributed by atoms with van der Waals surface area (Å²) in [5.74, 6) is -3.91. The summed E-state index contributed by atoms with van der Waals surface area (Å²) < 4.78 is 11.6. The van der Waals surface area contributed by atoms with Crippen molar-refractivity contribution in [2.45, 2.75) is 66.4 Å². The molecule has 1 fully saturated rings. The molecule has 0 radical (unpaired) electrons. The standard InChI is InChI=1S/C35H42N2O6/c1-8-42-28-15-14-24(18-29(28)43-9-2)30-31(33(39)36-25-16-20(3)10-12-22(25)5)27(38)19-35(7,41)32(30)34(40)37-26-17-21(4)11-13-23(26)6/h10-18,30-32,41H,8-9,19H2,1-7H3,(H,36,39)(H,37,40). The van der Waals surface area contributed by atoms with Crippen LogP contribution < -0.4 is 20.1 Å². The summed E-state index contributed by atoms with van der Waals surface area (Å²) in [4.78, 5) is 42.0. The maximum Gasteiger partial charge on any atom is 0.235 e. The number of ketones is 1. The number of amides is 2. The van der Waals surface area contributed by atoms with E-state index in [9.17, 15) is 19.5 Å². The van der Waals surface area contributed by atoms with Gasteiger partial charge in [-0.3, -0.25) is 14.4 Å². The van der Waals surface area contributed by atoms with E-state index in [0.29, 0.717) is 41.7 Å². The molecule has 0 heterocycles. The monoisotopic (exact) mass is 586 g/mol. The second-order valence-corrected chi connectivity index (χ2v) is 11.7. The second kappa shape index (κ2) is 13.0. The molecular formula is C35H42N2O6. The lowest BCUT2D eigenvalue weighted by Crippen LogP contribution is -2.56. The highest BCUT2D eigenvalue weighted by Crippen LogP contribution is 2.48. The van der Waals surface area contributed by atoms with E-state index in [1.165, 1.54) is 6.92 Å². The highest BCUT2D eigenvalue weighted by molar-refractivity contribution is 6.10. The van der Waals surface area contributed by atoms with Crippen molar-refractivity contribution in [1.29, 1.82) is 0 Å². The van der Waals surface area contributed by atoms with Gasteiger partial charge in [0.1, 0.15) is 11.7 Å². The quantitative estimate of drug-likeness (QED) is 0.264. The largest absolute Gasteiger partial charge is 0.490 e. The van der Waals surface area contributed by atoms with Crippen LogP contribution in [0.25, 0.3) is 0 Å². The fourth-order valence-corrected chi connectivity index (χ4v) is 5.93. The number of anilines is 2. The Morgan fingerprint density at radius 1 is 0.814 bits per heavy atom. The number of ether oxygens (including phenoxy) is 2. The summed E-state index contributed by atoms with van der Waals surface area (Å²) >= 11 is 0. The van der Waals surface area contributed by atoms with Crippen molar-refractivity contribution in [3.63, 3.8) is 0 Å². The number of Topliss-reactive ketones (excluding diaryl/α,β-unsaturated/α-hetero) is 1. The summed E-state index contributed by atoms with van der Waals surface area (Å²) in [5.41, 5.74) is 3.59. The third kappa shape index (κ3) is 6.91. The van der Waals surface area contributed by atoms with Gasteiger partial charge in [-0.2, -0.15) is 0 Å². The number of benzene rings is 3. The molecule has 1 aliphatic carbocycles. The summed E-state index contributed by atoms with van der Waals surface area (Å²) in [6.45, 7) is 13.6. The Morgan fingerprint density at radius 3 is 1.91 bits per heavy atom. The lowest BCUT2D eigenvalue weighted by atomic mass is 9.61. The zero-order valence-electron chi connectivity index (χ0n) is 26.0. The Labute approximate surface area is 253 Å². The van der Waals surface area contributed by atoms with Gasteiger partial charge in [0, 0.05) is 23.7 Å². The molecule has 4 unspecified atom stereocenters. The second-order valence-electron chi connectivity index (χ2n) is 11.7. The molecule has 4 atom stereocenters. The number of carbonyl (C=O) groups excluding carboxylic acids is 3. The van der Waals surface area contributed by atoms with Gasteiger partial charge in [0.25, 0.3) is 0 Å². The van der Waals surface area contributed by atoms with E-state index in [-0.39, 0.29) is 6.42 Å². The minimum atomic E-state index is -1.73. The maximum absolute atomic E-state index is 14.2. The molecule has 4 rings (SSSR count). The summed E-state index contributed by atoms with van der Waals surface area (Å²) in [6, 6.07) is 16.6. The van der Waals surface area contributed by atoms with Crippen molar-refractivity contribution in [3.05, 3.63) is 82.4 Å². The molecular weight excluding hydrogens is 544 g/mol. The van der Waals surface area contributed by atoms with Crippen LogP contribution >= 0.6 is 0 Å². The molecule has 8 heteroatoms. The average Bonchev–Trinajstić information content (AvgIpc) is 2.93. The molecule has 43 heavy (non-hydrogen) atoms. The SMILES string of the molecule is CCOc1ccc(C2C(C(=O)Nc3cc(C)ccc3C)C(=O)CC(C)(O)C2C(=O)Nc2cc(C)ccc2C)cc1OCC. The van der Waals surface area contributed by atoms with Crippen LogP contribution in [-0.4, -0.2) is 41.5 Å². The number of rotatable bonds is 9. The first-order valence-electron chi connectivity index (χ1n) is 14.8. The van der Waals surface area contributed by atoms with Gasteiger partial charge in [-0.15, -0.1) is 0 Å². The van der Waals surface area contributed by atoms with Gasteiger partial charge >= 0.3 is 0 Å². The lowest BCUT2D eigenvalue weighted by molar-refractivity contribution is -0.150. The highest BCUT2D eigenvalue weighted by Gasteiger charge is 2.56. The van der Waals surface area contributed by atoms with Crippen LogP contribution in [0.4, 0.5) is 11.4 Å². The van der Waals surface area contributed by atoms with Crippen molar-refractivity contribution >= 4 is 29.0 Å². The normalized spacial score (nSPS) is 21.7. The van der Waals surface area contributed by atoms with Gasteiger partial charge < -0.3 is 25.2 Å². The highest BCUT2D eigenvalue weighted by atomic mass is 16.5. The van der Waals surface area contributed by atoms with Crippen LogP contribution in [0.15, 0.2) is 54.6 Å². The zero-order valence-corrected chi connectivity index (χ0v) is 26.0. The van der Waals surface area contributed by atoms with Gasteiger partial charge in [-0.05, 0) is 101 Å². The Bertz CT molecular complexity index is 1530. The van der Waals surface area contributed by atoms with E-state index in [4.69, 9.17) is 9.47 Å². The lowest BCUT2D eigenvalue weighted by Gasteiger charge is -2.44. The zero-order chi connectivity index (χ0) is 31.5. The molecule has 0 spiro atoms. The third-order valence-electron chi connectivity index (χ3n) is 8.09. The Morgan fingerprint density at radius 2 is 1.35 bits per heavy atom. The number of aliphatic hydroxyl groups is 1. The van der Waals surface area contributed by atoms with Crippen LogP contribution in [0.3, 0.4) is 0 Å². The molecule has 2 amide bonds. The van der Waals surface area contributed by atoms with Gasteiger partial charge in [0.2, 0.25) is 11.8 Å². The fourth-order valence-electron chi connectivity index (χ4n) is 5.93. The molecule has 1 saturated carbocycles. The van der Waals surface area contributed by atoms with Crippen LogP contribution in [0, 0.1) is 39.5 Å². The molecule has 3 aromatic rings. The predicted octanol–water partition coefficient (Wildman–Crippen LogP) is 6.03. The molecule has 0 saturated heterocycles. The van der Waals surface area contributed by atoms with Crippen molar-refractivity contribution in [3.8, 4) is 11.5 Å². The molecule has 0 aromatic heterocycles. The third-order valence-corrected chi connectivity index (χ3v) is 8.09. The average molecular weight is 587 g/mol. The van der Waals surface area contributed by atoms with Crippen LogP contribution in [0.1, 0.15) is 60.9 Å². The van der Waals surface area contributed by atoms with Crippen LogP contribution in [-0.2, 0) is 14.4 Å². The van der Waals surface area contributed by atoms with Crippen molar-refractivity contribution in [2.24, 2.45) is 11.8 Å². The molecule has 3 N–H and O–H groups in total. The smallest absolute Gasteiger partial charge is 0.235 e. The van der Waals surface area contributed by atoms with Crippen molar-refractivity contribution in [1.82, 2.24) is 0 Å². The summed E-state index contributed by atoms with van der Waals surface area (Å²) in [7, 11) is 0. The number of hydrogen-bond acceptors (Lipinski definition) is 6. The Kier molecular flexibility index (Phi) is 9.60. The van der Waals surface area contributed by atoms with Gasteiger partial charge in [-0.25, -0.2) is 0 Å². The topological polar surface area (TPSA) is 114 Å². The molecule has 0 bridgehead atoms. The van der Waals surface area contributed by atoms with E-state index in [1.54, 1.807) is 18.2 Å². The minimum absolute atomic E-state index is 0.353. The summed E-state index contributed by atoms with van der Waals surface area (Å²) in [6.07, 6.45) is -0.353. The van der Waals surface area contributed by atoms with E-state index < -0.39 is 41.0 Å². The van der Waals surface area contributed by atoms with E-state index in [1.807, 2.05) is 77.9 Å². The predicted molar refractivity (Wildman–Crippen MR) is 168 cm³/mol. The number of hydrogen-bond donors (Lipinski definition) is 3. The van der Waals surface area contributed by atoms with E-state index in [2.05, 4.69) is 10.6 Å². The van der Waals surface area contributed by atoms with Gasteiger partial charge in [0.05, 0.1) is 24.7 Å². The van der Waals surface area contributed by atoms with Gasteiger partial charge in [-0.1, -0.05) is 30.3 Å².